The molecule has 2 aliphatic rings. The molecule has 0 aromatic rings. The van der Waals surface area contributed by atoms with E-state index in [1.54, 1.807) is 0 Å². The van der Waals surface area contributed by atoms with E-state index in [2.05, 4.69) is 15.9 Å². The molecule has 0 unspecified atom stereocenters. The summed E-state index contributed by atoms with van der Waals surface area (Å²) >= 11 is 3.50. The lowest BCUT2D eigenvalue weighted by molar-refractivity contribution is -0.161. The topological polar surface area (TPSA) is 46.5 Å². The molecule has 1 aliphatic heterocycles. The molecule has 1 saturated carbocycles. The Bertz CT molecular complexity index is 219. The van der Waals surface area contributed by atoms with Crippen molar-refractivity contribution in [1.82, 2.24) is 0 Å². The van der Waals surface area contributed by atoms with E-state index in [9.17, 15) is 9.90 Å². The molecule has 3 nitrogen and oxygen atoms in total. The Balaban J connectivity index is 2.21. The van der Waals surface area contributed by atoms with E-state index in [1.807, 2.05) is 0 Å². The summed E-state index contributed by atoms with van der Waals surface area (Å²) in [7, 11) is 0. The highest BCUT2D eigenvalue weighted by molar-refractivity contribution is 9.09. The average molecular weight is 249 g/mol. The van der Waals surface area contributed by atoms with Crippen LogP contribution in [0.5, 0.6) is 0 Å². The van der Waals surface area contributed by atoms with Gasteiger partial charge in [0.05, 0.1) is 10.9 Å². The van der Waals surface area contributed by atoms with E-state index < -0.39 is 11.7 Å². The molecule has 0 amide bonds. The molecule has 1 spiro atoms. The predicted molar refractivity (Wildman–Crippen MR) is 50.6 cm³/mol. The van der Waals surface area contributed by atoms with Gasteiger partial charge in [-0.2, -0.15) is 0 Å². The number of esters is 1. The number of ether oxygens (including phenoxy) is 1. The summed E-state index contributed by atoms with van der Waals surface area (Å²) in [5.74, 6) is -0.176. The number of alkyl halides is 1. The van der Waals surface area contributed by atoms with Crippen LogP contribution in [0.15, 0.2) is 0 Å². The number of aliphatic hydroxyl groups excluding tert-OH is 1. The third kappa shape index (κ3) is 1.40. The van der Waals surface area contributed by atoms with Crippen LogP contribution in [0, 0.1) is 0 Å². The summed E-state index contributed by atoms with van der Waals surface area (Å²) in [4.78, 5) is 11.2. The Morgan fingerprint density at radius 3 is 2.85 bits per heavy atom. The van der Waals surface area contributed by atoms with Crippen molar-refractivity contribution in [2.45, 2.75) is 48.6 Å². The highest BCUT2D eigenvalue weighted by Crippen LogP contribution is 2.43. The number of halogens is 1. The van der Waals surface area contributed by atoms with Gasteiger partial charge >= 0.3 is 5.97 Å². The van der Waals surface area contributed by atoms with E-state index in [0.29, 0.717) is 12.8 Å². The van der Waals surface area contributed by atoms with Gasteiger partial charge in [0.2, 0.25) is 0 Å². The number of carbonyl (C=O) groups is 1. The lowest BCUT2D eigenvalue weighted by Gasteiger charge is -2.40. The Morgan fingerprint density at radius 1 is 1.54 bits per heavy atom. The normalized spacial score (nSPS) is 45.2. The van der Waals surface area contributed by atoms with Crippen LogP contribution in [0.1, 0.15) is 32.1 Å². The molecule has 1 aliphatic carbocycles. The van der Waals surface area contributed by atoms with Crippen molar-refractivity contribution < 1.29 is 14.6 Å². The highest BCUT2D eigenvalue weighted by Gasteiger charge is 2.52. The predicted octanol–water partition coefficient (Wildman–Crippen LogP) is 1.37. The molecule has 3 atom stereocenters. The van der Waals surface area contributed by atoms with E-state index >= 15 is 0 Å². The van der Waals surface area contributed by atoms with Crippen LogP contribution >= 0.6 is 15.9 Å². The maximum atomic E-state index is 11.1. The van der Waals surface area contributed by atoms with Crippen LogP contribution in [-0.2, 0) is 9.53 Å². The summed E-state index contributed by atoms with van der Waals surface area (Å²) in [6.07, 6.45) is 3.33. The molecule has 13 heavy (non-hydrogen) atoms. The summed E-state index contributed by atoms with van der Waals surface area (Å²) in [6, 6.07) is 0. The first kappa shape index (κ1) is 9.46. The zero-order chi connectivity index (χ0) is 9.47. The highest BCUT2D eigenvalue weighted by atomic mass is 79.9. The summed E-state index contributed by atoms with van der Waals surface area (Å²) < 4.78 is 5.28. The van der Waals surface area contributed by atoms with Gasteiger partial charge in [-0.1, -0.05) is 15.9 Å². The van der Waals surface area contributed by atoms with E-state index in [-0.39, 0.29) is 10.8 Å². The van der Waals surface area contributed by atoms with Crippen LogP contribution in [0.4, 0.5) is 0 Å². The second kappa shape index (κ2) is 3.24. The van der Waals surface area contributed by atoms with Crippen LogP contribution < -0.4 is 0 Å². The summed E-state index contributed by atoms with van der Waals surface area (Å²) in [5, 5.41) is 9.84. The van der Waals surface area contributed by atoms with Crippen molar-refractivity contribution in [3.8, 4) is 0 Å². The van der Waals surface area contributed by atoms with Gasteiger partial charge in [-0.05, 0) is 19.3 Å². The van der Waals surface area contributed by atoms with Crippen LogP contribution in [-0.4, -0.2) is 27.6 Å². The van der Waals surface area contributed by atoms with Crippen molar-refractivity contribution in [3.05, 3.63) is 0 Å². The van der Waals surface area contributed by atoms with Crippen LogP contribution in [0.3, 0.4) is 0 Å². The van der Waals surface area contributed by atoms with Crippen molar-refractivity contribution in [2.24, 2.45) is 0 Å². The van der Waals surface area contributed by atoms with Gasteiger partial charge in [0.25, 0.3) is 0 Å². The van der Waals surface area contributed by atoms with E-state index in [1.165, 1.54) is 0 Å². The molecule has 0 radical (unpaired) electrons. The van der Waals surface area contributed by atoms with Gasteiger partial charge in [0.15, 0.2) is 5.60 Å². The molecule has 0 aromatic carbocycles. The third-order valence-corrected chi connectivity index (χ3v) is 4.29. The van der Waals surface area contributed by atoms with Crippen LogP contribution in [0.2, 0.25) is 0 Å². The minimum absolute atomic E-state index is 0.121. The average Bonchev–Trinajstić information content (AvgIpc) is 2.46. The zero-order valence-electron chi connectivity index (χ0n) is 7.33. The first-order valence-electron chi connectivity index (χ1n) is 4.69. The van der Waals surface area contributed by atoms with Gasteiger partial charge in [0, 0.05) is 12.8 Å². The molecule has 0 bridgehead atoms. The van der Waals surface area contributed by atoms with Crippen molar-refractivity contribution in [3.63, 3.8) is 0 Å². The molecule has 1 saturated heterocycles. The van der Waals surface area contributed by atoms with Crippen molar-refractivity contribution in [2.75, 3.05) is 0 Å². The largest absolute Gasteiger partial charge is 0.455 e. The van der Waals surface area contributed by atoms with Crippen molar-refractivity contribution in [1.29, 1.82) is 0 Å². The second-order valence-corrected chi connectivity index (χ2v) is 4.95. The first-order valence-corrected chi connectivity index (χ1v) is 5.61. The van der Waals surface area contributed by atoms with E-state index in [0.717, 1.165) is 19.3 Å². The Hall–Kier alpha value is -0.0900. The van der Waals surface area contributed by atoms with Crippen LogP contribution in [0.25, 0.3) is 0 Å². The SMILES string of the molecule is O=C1CC[C@@]2(O1)[C@H](O)CCC[C@H]2Br. The quantitative estimate of drug-likeness (QED) is 0.521. The fourth-order valence-corrected chi connectivity index (χ4v) is 3.21. The number of aliphatic hydroxyl groups is 1. The molecule has 1 heterocycles. The molecule has 2 fully saturated rings. The molecule has 2 rings (SSSR count). The van der Waals surface area contributed by atoms with Gasteiger partial charge in [0.1, 0.15) is 0 Å². The fourth-order valence-electron chi connectivity index (χ4n) is 2.25. The minimum atomic E-state index is -0.616. The maximum absolute atomic E-state index is 11.1. The fraction of sp³-hybridized carbons (Fsp3) is 0.889. The van der Waals surface area contributed by atoms with Gasteiger partial charge in [-0.15, -0.1) is 0 Å². The first-order chi connectivity index (χ1) is 6.15. The van der Waals surface area contributed by atoms with Crippen molar-refractivity contribution >= 4 is 21.9 Å². The Labute approximate surface area is 85.6 Å². The maximum Gasteiger partial charge on any atom is 0.306 e. The Kier molecular flexibility index (Phi) is 2.36. The minimum Gasteiger partial charge on any atom is -0.455 e. The van der Waals surface area contributed by atoms with Gasteiger partial charge in [-0.25, -0.2) is 0 Å². The lowest BCUT2D eigenvalue weighted by atomic mass is 9.80. The molecular formula is C9H13BrO3. The standard InChI is InChI=1S/C9H13BrO3/c10-6-2-1-3-7(11)9(6)5-4-8(12)13-9/h6-7,11H,1-5H2/t6-,7-,9+/m1/s1. The summed E-state index contributed by atoms with van der Waals surface area (Å²) in [5.41, 5.74) is -0.616. The number of rotatable bonds is 0. The smallest absolute Gasteiger partial charge is 0.306 e. The molecule has 74 valence electrons. The number of carbonyl (C=O) groups excluding carboxylic acids is 1. The molecule has 0 aromatic heterocycles. The van der Waals surface area contributed by atoms with E-state index in [4.69, 9.17) is 4.74 Å². The molecule has 1 N–H and O–H groups in total. The monoisotopic (exact) mass is 248 g/mol. The number of hydrogen-bond donors (Lipinski definition) is 1. The second-order valence-electron chi connectivity index (χ2n) is 3.84. The Morgan fingerprint density at radius 2 is 2.31 bits per heavy atom. The number of hydrogen-bond acceptors (Lipinski definition) is 3. The zero-order valence-corrected chi connectivity index (χ0v) is 8.92. The molecular weight excluding hydrogens is 236 g/mol. The summed E-state index contributed by atoms with van der Waals surface area (Å²) in [6.45, 7) is 0. The molecule has 4 heteroatoms. The third-order valence-electron chi connectivity index (χ3n) is 3.05. The van der Waals surface area contributed by atoms with Gasteiger partial charge in [-0.3, -0.25) is 4.79 Å². The van der Waals surface area contributed by atoms with Gasteiger partial charge < -0.3 is 9.84 Å². The lowest BCUT2D eigenvalue weighted by Crippen LogP contribution is -2.52.